The number of benzene rings is 1. The fraction of sp³-hybridized carbons (Fsp3) is 0.429. The number of nitrogens with zero attached hydrogens (tertiary/aromatic N) is 1. The highest BCUT2D eigenvalue weighted by atomic mass is 32.1. The van der Waals surface area contributed by atoms with Crippen LogP contribution in [0.2, 0.25) is 0 Å². The van der Waals surface area contributed by atoms with Gasteiger partial charge in [-0.15, -0.1) is 0 Å². The maximum atomic E-state index is 12.1. The normalized spacial score (nSPS) is 18.2. The largest absolute Gasteiger partial charge is 0.495 e. The van der Waals surface area contributed by atoms with Gasteiger partial charge in [0.15, 0.2) is 0 Å². The second kappa shape index (κ2) is 6.17. The monoisotopic (exact) mass is 295 g/mol. The molecule has 0 spiro atoms. The first-order valence-electron chi connectivity index (χ1n) is 6.28. The van der Waals surface area contributed by atoms with Crippen LogP contribution in [0.25, 0.3) is 0 Å². The molecule has 0 N–H and O–H groups in total. The topological polar surface area (TPSA) is 55.8 Å². The van der Waals surface area contributed by atoms with Crippen LogP contribution in [0.3, 0.4) is 0 Å². The van der Waals surface area contributed by atoms with Crippen molar-refractivity contribution in [2.24, 2.45) is 5.92 Å². The lowest BCUT2D eigenvalue weighted by molar-refractivity contribution is -0.117. The SMILES string of the molecule is COC(=O)c1ccc(OC)c(N2CC(CS)CC2=O)c1. The van der Waals surface area contributed by atoms with Crippen LogP contribution in [0.1, 0.15) is 16.8 Å². The van der Waals surface area contributed by atoms with E-state index in [1.165, 1.54) is 14.2 Å². The first-order chi connectivity index (χ1) is 9.60. The van der Waals surface area contributed by atoms with Gasteiger partial charge in [-0.3, -0.25) is 4.79 Å². The lowest BCUT2D eigenvalue weighted by atomic mass is 10.1. The molecule has 1 heterocycles. The fourth-order valence-corrected chi connectivity index (χ4v) is 2.53. The van der Waals surface area contributed by atoms with Crippen LogP contribution in [0, 0.1) is 5.92 Å². The Morgan fingerprint density at radius 2 is 2.20 bits per heavy atom. The molecule has 1 unspecified atom stereocenters. The summed E-state index contributed by atoms with van der Waals surface area (Å²) < 4.78 is 9.98. The fourth-order valence-electron chi connectivity index (χ4n) is 2.28. The van der Waals surface area contributed by atoms with Crippen LogP contribution in [-0.4, -0.2) is 38.4 Å². The standard InChI is InChI=1S/C14H17NO4S/c1-18-12-4-3-10(14(17)19-2)6-11(12)15-7-9(8-20)5-13(15)16/h3-4,6,9,20H,5,7-8H2,1-2H3. The Morgan fingerprint density at radius 3 is 2.75 bits per heavy atom. The van der Waals surface area contributed by atoms with E-state index in [4.69, 9.17) is 9.47 Å². The number of anilines is 1. The van der Waals surface area contributed by atoms with Gasteiger partial charge in [-0.1, -0.05) is 0 Å². The van der Waals surface area contributed by atoms with Crippen molar-refractivity contribution >= 4 is 30.2 Å². The summed E-state index contributed by atoms with van der Waals surface area (Å²) >= 11 is 4.24. The van der Waals surface area contributed by atoms with Crippen molar-refractivity contribution in [1.82, 2.24) is 0 Å². The summed E-state index contributed by atoms with van der Waals surface area (Å²) in [6.45, 7) is 0.587. The third kappa shape index (κ3) is 2.75. The average Bonchev–Trinajstić information content (AvgIpc) is 2.86. The molecule has 1 fully saturated rings. The Balaban J connectivity index is 2.38. The molecule has 0 bridgehead atoms. The quantitative estimate of drug-likeness (QED) is 0.679. The van der Waals surface area contributed by atoms with Gasteiger partial charge in [0.1, 0.15) is 5.75 Å². The van der Waals surface area contributed by atoms with Gasteiger partial charge >= 0.3 is 5.97 Å². The number of amides is 1. The highest BCUT2D eigenvalue weighted by Crippen LogP contribution is 2.34. The first kappa shape index (κ1) is 14.7. The van der Waals surface area contributed by atoms with E-state index < -0.39 is 5.97 Å². The van der Waals surface area contributed by atoms with E-state index in [0.717, 1.165) is 0 Å². The Kier molecular flexibility index (Phi) is 4.54. The maximum Gasteiger partial charge on any atom is 0.337 e. The molecule has 1 atom stereocenters. The lowest BCUT2D eigenvalue weighted by Crippen LogP contribution is -2.25. The molecule has 0 saturated carbocycles. The number of hydrogen-bond donors (Lipinski definition) is 1. The zero-order chi connectivity index (χ0) is 14.7. The van der Waals surface area contributed by atoms with Crippen molar-refractivity contribution < 1.29 is 19.1 Å². The van der Waals surface area contributed by atoms with E-state index in [-0.39, 0.29) is 11.8 Å². The smallest absolute Gasteiger partial charge is 0.337 e. The van der Waals surface area contributed by atoms with Crippen molar-refractivity contribution in [3.8, 4) is 5.75 Å². The summed E-state index contributed by atoms with van der Waals surface area (Å²) in [6, 6.07) is 4.91. The Labute approximate surface area is 123 Å². The van der Waals surface area contributed by atoms with Gasteiger partial charge in [-0.05, 0) is 29.9 Å². The minimum Gasteiger partial charge on any atom is -0.495 e. The number of hydrogen-bond acceptors (Lipinski definition) is 5. The number of methoxy groups -OCH3 is 2. The zero-order valence-electron chi connectivity index (χ0n) is 11.5. The third-order valence-corrected chi connectivity index (χ3v) is 3.87. The van der Waals surface area contributed by atoms with Crippen LogP contribution in [0.15, 0.2) is 18.2 Å². The molecule has 1 aromatic carbocycles. The van der Waals surface area contributed by atoms with Crippen LogP contribution in [-0.2, 0) is 9.53 Å². The first-order valence-corrected chi connectivity index (χ1v) is 6.91. The van der Waals surface area contributed by atoms with Gasteiger partial charge in [0, 0.05) is 13.0 Å². The van der Waals surface area contributed by atoms with E-state index in [9.17, 15) is 9.59 Å². The van der Waals surface area contributed by atoms with E-state index in [1.54, 1.807) is 23.1 Å². The highest BCUT2D eigenvalue weighted by molar-refractivity contribution is 7.80. The molecule has 1 amide bonds. The summed E-state index contributed by atoms with van der Waals surface area (Å²) in [4.78, 5) is 25.3. The van der Waals surface area contributed by atoms with Gasteiger partial charge in [0.05, 0.1) is 25.5 Å². The van der Waals surface area contributed by atoms with Crippen molar-refractivity contribution in [3.63, 3.8) is 0 Å². The van der Waals surface area contributed by atoms with E-state index in [1.807, 2.05) is 0 Å². The highest BCUT2D eigenvalue weighted by Gasteiger charge is 2.31. The summed E-state index contributed by atoms with van der Waals surface area (Å²) in [5, 5.41) is 0. The molecular formula is C14H17NO4S. The van der Waals surface area contributed by atoms with Crippen molar-refractivity contribution in [2.75, 3.05) is 31.4 Å². The predicted octanol–water partition coefficient (Wildman–Crippen LogP) is 1.76. The molecule has 108 valence electrons. The summed E-state index contributed by atoms with van der Waals surface area (Å²) in [5.74, 6) is 1.01. The lowest BCUT2D eigenvalue weighted by Gasteiger charge is -2.20. The van der Waals surface area contributed by atoms with Crippen LogP contribution in [0.5, 0.6) is 5.75 Å². The second-order valence-corrected chi connectivity index (χ2v) is 5.00. The summed E-state index contributed by atoms with van der Waals surface area (Å²) in [5.41, 5.74) is 0.995. The number of carbonyl (C=O) groups excluding carboxylic acids is 2. The van der Waals surface area contributed by atoms with Gasteiger partial charge in [-0.2, -0.15) is 12.6 Å². The van der Waals surface area contributed by atoms with Crippen molar-refractivity contribution in [2.45, 2.75) is 6.42 Å². The van der Waals surface area contributed by atoms with Crippen LogP contribution >= 0.6 is 12.6 Å². The molecule has 1 aliphatic heterocycles. The number of ether oxygens (including phenoxy) is 2. The number of rotatable bonds is 4. The molecule has 20 heavy (non-hydrogen) atoms. The van der Waals surface area contributed by atoms with Crippen LogP contribution < -0.4 is 9.64 Å². The zero-order valence-corrected chi connectivity index (χ0v) is 12.4. The van der Waals surface area contributed by atoms with Gasteiger partial charge in [0.25, 0.3) is 0 Å². The predicted molar refractivity (Wildman–Crippen MR) is 78.6 cm³/mol. The molecular weight excluding hydrogens is 278 g/mol. The molecule has 0 aliphatic carbocycles. The minimum absolute atomic E-state index is 0.0179. The molecule has 1 aromatic rings. The molecule has 1 saturated heterocycles. The van der Waals surface area contributed by atoms with E-state index in [0.29, 0.717) is 35.7 Å². The van der Waals surface area contributed by atoms with E-state index >= 15 is 0 Å². The van der Waals surface area contributed by atoms with Crippen LogP contribution in [0.4, 0.5) is 5.69 Å². The number of thiol groups is 1. The minimum atomic E-state index is -0.439. The molecule has 2 rings (SSSR count). The average molecular weight is 295 g/mol. The number of esters is 1. The van der Waals surface area contributed by atoms with Gasteiger partial charge < -0.3 is 14.4 Å². The number of carbonyl (C=O) groups is 2. The Bertz CT molecular complexity index is 532. The molecule has 0 aromatic heterocycles. The Morgan fingerprint density at radius 1 is 1.45 bits per heavy atom. The molecule has 1 aliphatic rings. The summed E-state index contributed by atoms with van der Waals surface area (Å²) in [7, 11) is 2.86. The molecule has 5 nitrogen and oxygen atoms in total. The molecule has 6 heteroatoms. The van der Waals surface area contributed by atoms with Gasteiger partial charge in [-0.25, -0.2) is 4.79 Å². The maximum absolute atomic E-state index is 12.1. The third-order valence-electron chi connectivity index (χ3n) is 3.35. The van der Waals surface area contributed by atoms with E-state index in [2.05, 4.69) is 12.6 Å². The molecule has 0 radical (unpaired) electrons. The van der Waals surface area contributed by atoms with Crippen molar-refractivity contribution in [3.05, 3.63) is 23.8 Å². The second-order valence-electron chi connectivity index (χ2n) is 4.64. The van der Waals surface area contributed by atoms with Gasteiger partial charge in [0.2, 0.25) is 5.91 Å². The Hall–Kier alpha value is -1.69. The van der Waals surface area contributed by atoms with Crippen molar-refractivity contribution in [1.29, 1.82) is 0 Å². The summed E-state index contributed by atoms with van der Waals surface area (Å²) in [6.07, 6.45) is 0.467.